The number of amides is 1. The fraction of sp³-hybridized carbons (Fsp3) is 0.917. The third-order valence-electron chi connectivity index (χ3n) is 3.60. The van der Waals surface area contributed by atoms with E-state index in [1.807, 2.05) is 6.92 Å². The molecule has 3 nitrogen and oxygen atoms in total. The molecule has 1 aliphatic rings. The van der Waals surface area contributed by atoms with Gasteiger partial charge in [0.2, 0.25) is 5.91 Å². The largest absolute Gasteiger partial charge is 0.351 e. The van der Waals surface area contributed by atoms with Gasteiger partial charge in [-0.15, -0.1) is 0 Å². The van der Waals surface area contributed by atoms with Gasteiger partial charge in [-0.1, -0.05) is 33.6 Å². The van der Waals surface area contributed by atoms with Crippen LogP contribution in [0.15, 0.2) is 0 Å². The van der Waals surface area contributed by atoms with Crippen molar-refractivity contribution in [2.75, 3.05) is 0 Å². The van der Waals surface area contributed by atoms with Gasteiger partial charge in [0.1, 0.15) is 0 Å². The third-order valence-corrected chi connectivity index (χ3v) is 3.60. The van der Waals surface area contributed by atoms with E-state index >= 15 is 0 Å². The van der Waals surface area contributed by atoms with Gasteiger partial charge in [0.05, 0.1) is 6.04 Å². The maximum absolute atomic E-state index is 11.7. The predicted octanol–water partition coefficient (Wildman–Crippen LogP) is 1.81. The second-order valence-corrected chi connectivity index (χ2v) is 5.31. The summed E-state index contributed by atoms with van der Waals surface area (Å²) in [5.41, 5.74) is 5.93. The molecule has 1 unspecified atom stereocenters. The second-order valence-electron chi connectivity index (χ2n) is 5.31. The van der Waals surface area contributed by atoms with Crippen LogP contribution in [0.4, 0.5) is 0 Å². The summed E-state index contributed by atoms with van der Waals surface area (Å²) in [4.78, 5) is 11.7. The van der Waals surface area contributed by atoms with Crippen molar-refractivity contribution in [1.82, 2.24) is 5.32 Å². The SMILES string of the molecule is CC[C@H](N)C(=O)NC1CCCCC1(C)C. The lowest BCUT2D eigenvalue weighted by Crippen LogP contribution is -2.51. The van der Waals surface area contributed by atoms with Crippen LogP contribution in [0, 0.1) is 5.41 Å². The number of hydrogen-bond donors (Lipinski definition) is 2. The van der Waals surface area contributed by atoms with Crippen molar-refractivity contribution in [3.63, 3.8) is 0 Å². The Balaban J connectivity index is 2.52. The van der Waals surface area contributed by atoms with Gasteiger partial charge in [0.15, 0.2) is 0 Å². The summed E-state index contributed by atoms with van der Waals surface area (Å²) in [6.07, 6.45) is 5.49. The van der Waals surface area contributed by atoms with Crippen LogP contribution >= 0.6 is 0 Å². The highest BCUT2D eigenvalue weighted by Gasteiger charge is 2.33. The molecule has 0 saturated heterocycles. The monoisotopic (exact) mass is 212 g/mol. The molecule has 0 heterocycles. The zero-order valence-corrected chi connectivity index (χ0v) is 10.2. The third kappa shape index (κ3) is 3.20. The molecule has 15 heavy (non-hydrogen) atoms. The highest BCUT2D eigenvalue weighted by atomic mass is 16.2. The summed E-state index contributed by atoms with van der Waals surface area (Å²) in [5.74, 6) is 0.0116. The van der Waals surface area contributed by atoms with Gasteiger partial charge in [0.25, 0.3) is 0 Å². The highest BCUT2D eigenvalue weighted by molar-refractivity contribution is 5.81. The normalized spacial score (nSPS) is 27.1. The van der Waals surface area contributed by atoms with E-state index in [0.29, 0.717) is 12.5 Å². The summed E-state index contributed by atoms with van der Waals surface area (Å²) in [6, 6.07) is -0.0425. The Kier molecular flexibility index (Phi) is 4.14. The van der Waals surface area contributed by atoms with Crippen LogP contribution in [0.2, 0.25) is 0 Å². The number of hydrogen-bond acceptors (Lipinski definition) is 2. The maximum Gasteiger partial charge on any atom is 0.237 e. The van der Waals surface area contributed by atoms with Gasteiger partial charge in [-0.25, -0.2) is 0 Å². The van der Waals surface area contributed by atoms with E-state index in [2.05, 4.69) is 19.2 Å². The van der Waals surface area contributed by atoms with Crippen molar-refractivity contribution in [3.05, 3.63) is 0 Å². The van der Waals surface area contributed by atoms with E-state index in [1.54, 1.807) is 0 Å². The Hall–Kier alpha value is -0.570. The fourth-order valence-electron chi connectivity index (χ4n) is 2.23. The topological polar surface area (TPSA) is 55.1 Å². The zero-order chi connectivity index (χ0) is 11.5. The van der Waals surface area contributed by atoms with Crippen LogP contribution in [-0.2, 0) is 4.79 Å². The molecule has 1 aliphatic carbocycles. The van der Waals surface area contributed by atoms with Gasteiger partial charge in [0, 0.05) is 6.04 Å². The molecule has 2 atom stereocenters. The Bertz CT molecular complexity index is 226. The predicted molar refractivity (Wildman–Crippen MR) is 62.4 cm³/mol. The summed E-state index contributed by atoms with van der Waals surface area (Å²) in [6.45, 7) is 6.40. The lowest BCUT2D eigenvalue weighted by Gasteiger charge is -2.39. The smallest absolute Gasteiger partial charge is 0.237 e. The molecule has 3 N–H and O–H groups in total. The van der Waals surface area contributed by atoms with Crippen LogP contribution < -0.4 is 11.1 Å². The second kappa shape index (κ2) is 4.97. The number of carbonyl (C=O) groups is 1. The van der Waals surface area contributed by atoms with Crippen molar-refractivity contribution in [1.29, 1.82) is 0 Å². The van der Waals surface area contributed by atoms with Gasteiger partial charge in [-0.2, -0.15) is 0 Å². The van der Waals surface area contributed by atoms with Gasteiger partial charge in [-0.3, -0.25) is 4.79 Å². The molecular weight excluding hydrogens is 188 g/mol. The molecule has 0 aliphatic heterocycles. The van der Waals surface area contributed by atoms with Gasteiger partial charge in [-0.05, 0) is 24.7 Å². The summed E-state index contributed by atoms with van der Waals surface area (Å²) in [5, 5.41) is 3.10. The van der Waals surface area contributed by atoms with E-state index in [4.69, 9.17) is 5.73 Å². The van der Waals surface area contributed by atoms with Crippen molar-refractivity contribution in [2.24, 2.45) is 11.1 Å². The zero-order valence-electron chi connectivity index (χ0n) is 10.2. The van der Waals surface area contributed by atoms with Crippen molar-refractivity contribution < 1.29 is 4.79 Å². The molecule has 3 heteroatoms. The number of rotatable bonds is 3. The number of nitrogens with one attached hydrogen (secondary N) is 1. The molecule has 0 aromatic heterocycles. The van der Waals surface area contributed by atoms with E-state index in [0.717, 1.165) is 6.42 Å². The van der Waals surface area contributed by atoms with Gasteiger partial charge < -0.3 is 11.1 Å². The Morgan fingerprint density at radius 3 is 2.73 bits per heavy atom. The first kappa shape index (κ1) is 12.5. The van der Waals surface area contributed by atoms with Crippen molar-refractivity contribution >= 4 is 5.91 Å². The summed E-state index contributed by atoms with van der Waals surface area (Å²) >= 11 is 0. The molecule has 0 radical (unpaired) electrons. The molecule has 88 valence electrons. The minimum absolute atomic E-state index is 0.0116. The molecule has 1 fully saturated rings. The molecule has 0 aromatic carbocycles. The Morgan fingerprint density at radius 1 is 1.53 bits per heavy atom. The Morgan fingerprint density at radius 2 is 2.20 bits per heavy atom. The molecule has 0 aromatic rings. The average Bonchev–Trinajstić information content (AvgIpc) is 2.19. The molecule has 0 bridgehead atoms. The minimum atomic E-state index is -0.345. The lowest BCUT2D eigenvalue weighted by atomic mass is 9.73. The molecule has 1 rings (SSSR count). The molecule has 1 amide bonds. The minimum Gasteiger partial charge on any atom is -0.351 e. The van der Waals surface area contributed by atoms with Crippen LogP contribution in [0.5, 0.6) is 0 Å². The Labute approximate surface area is 92.8 Å². The lowest BCUT2D eigenvalue weighted by molar-refractivity contribution is -0.124. The van der Waals surface area contributed by atoms with Gasteiger partial charge >= 0.3 is 0 Å². The first-order valence-corrected chi connectivity index (χ1v) is 6.03. The van der Waals surface area contributed by atoms with E-state index in [1.165, 1.54) is 19.3 Å². The summed E-state index contributed by atoms with van der Waals surface area (Å²) < 4.78 is 0. The highest BCUT2D eigenvalue weighted by Crippen LogP contribution is 2.35. The van der Waals surface area contributed by atoms with Crippen LogP contribution in [0.25, 0.3) is 0 Å². The average molecular weight is 212 g/mol. The first-order chi connectivity index (χ1) is 6.97. The quantitative estimate of drug-likeness (QED) is 0.749. The maximum atomic E-state index is 11.7. The van der Waals surface area contributed by atoms with Crippen molar-refractivity contribution in [2.45, 2.75) is 65.0 Å². The fourth-order valence-corrected chi connectivity index (χ4v) is 2.23. The number of carbonyl (C=O) groups excluding carboxylic acids is 1. The van der Waals surface area contributed by atoms with Crippen LogP contribution in [0.1, 0.15) is 52.9 Å². The van der Waals surface area contributed by atoms with E-state index in [-0.39, 0.29) is 17.4 Å². The molecular formula is C12H24N2O. The molecule has 0 spiro atoms. The standard InChI is InChI=1S/C12H24N2O/c1-4-9(13)11(15)14-10-7-5-6-8-12(10,2)3/h9-10H,4-8,13H2,1-3H3,(H,14,15)/t9-,10?/m0/s1. The number of nitrogens with two attached hydrogens (primary N) is 1. The van der Waals surface area contributed by atoms with Crippen LogP contribution in [0.3, 0.4) is 0 Å². The van der Waals surface area contributed by atoms with Crippen molar-refractivity contribution in [3.8, 4) is 0 Å². The molecule has 1 saturated carbocycles. The van der Waals surface area contributed by atoms with Crippen LogP contribution in [-0.4, -0.2) is 18.0 Å². The summed E-state index contributed by atoms with van der Waals surface area (Å²) in [7, 11) is 0. The van der Waals surface area contributed by atoms with E-state index < -0.39 is 0 Å². The van der Waals surface area contributed by atoms with E-state index in [9.17, 15) is 4.79 Å². The first-order valence-electron chi connectivity index (χ1n) is 6.03.